The normalized spacial score (nSPS) is 12.8. The summed E-state index contributed by atoms with van der Waals surface area (Å²) in [6, 6.07) is 14.0. The van der Waals surface area contributed by atoms with Crippen LogP contribution in [0.25, 0.3) is 0 Å². The molecule has 0 bridgehead atoms. The molecule has 5 heteroatoms. The number of nitrogens with zero attached hydrogens (tertiary/aromatic N) is 2. The molecule has 1 aromatic carbocycles. The van der Waals surface area contributed by atoms with E-state index in [0.717, 1.165) is 0 Å². The Morgan fingerprint density at radius 1 is 1.29 bits per heavy atom. The molecule has 0 aliphatic rings. The molecule has 0 radical (unpaired) electrons. The summed E-state index contributed by atoms with van der Waals surface area (Å²) in [7, 11) is 1.56. The second-order valence-corrected chi connectivity index (χ2v) is 4.63. The maximum atomic E-state index is 12.3. The smallest absolute Gasteiger partial charge is 0.252 e. The van der Waals surface area contributed by atoms with Gasteiger partial charge in [-0.25, -0.2) is 0 Å². The summed E-state index contributed by atoms with van der Waals surface area (Å²) in [5, 5.41) is 12.1. The van der Waals surface area contributed by atoms with Gasteiger partial charge in [-0.15, -0.1) is 0 Å². The number of pyridine rings is 1. The molecule has 2 aromatic rings. The van der Waals surface area contributed by atoms with Gasteiger partial charge in [0.2, 0.25) is 0 Å². The molecule has 21 heavy (non-hydrogen) atoms. The van der Waals surface area contributed by atoms with Crippen LogP contribution in [0.5, 0.6) is 5.75 Å². The van der Waals surface area contributed by atoms with Crippen LogP contribution in [0, 0.1) is 11.3 Å². The van der Waals surface area contributed by atoms with Gasteiger partial charge in [-0.05, 0) is 43.3 Å². The number of nitrogens with one attached hydrogen (secondary N) is 1. The largest absolute Gasteiger partial charge is 0.497 e. The summed E-state index contributed by atoms with van der Waals surface area (Å²) in [5.41, 5.74) is -0.235. The van der Waals surface area contributed by atoms with Crippen LogP contribution < -0.4 is 10.1 Å². The Morgan fingerprint density at radius 2 is 2.00 bits per heavy atom. The summed E-state index contributed by atoms with van der Waals surface area (Å²) in [5.74, 6) is 0.326. The van der Waals surface area contributed by atoms with E-state index >= 15 is 0 Å². The van der Waals surface area contributed by atoms with Gasteiger partial charge in [-0.1, -0.05) is 6.07 Å². The number of carbonyl (C=O) groups excluding carboxylic acids is 1. The van der Waals surface area contributed by atoms with Gasteiger partial charge in [0.25, 0.3) is 5.91 Å². The molecule has 0 saturated heterocycles. The molecular weight excluding hydrogens is 266 g/mol. The number of hydrogen-bond donors (Lipinski definition) is 1. The Hall–Kier alpha value is -2.87. The van der Waals surface area contributed by atoms with Gasteiger partial charge in [0.1, 0.15) is 5.75 Å². The highest BCUT2D eigenvalue weighted by atomic mass is 16.5. The minimum Gasteiger partial charge on any atom is -0.497 e. The van der Waals surface area contributed by atoms with E-state index in [1.807, 2.05) is 0 Å². The maximum Gasteiger partial charge on any atom is 0.252 e. The SMILES string of the molecule is COc1ccc(C(=O)NC(C)(C#N)c2ccccn2)cc1. The molecule has 1 heterocycles. The second kappa shape index (κ2) is 6.06. The quantitative estimate of drug-likeness (QED) is 0.932. The Labute approximate surface area is 123 Å². The average molecular weight is 281 g/mol. The average Bonchev–Trinajstić information content (AvgIpc) is 2.55. The van der Waals surface area contributed by atoms with Crippen LogP contribution in [-0.2, 0) is 5.54 Å². The summed E-state index contributed by atoms with van der Waals surface area (Å²) < 4.78 is 5.05. The van der Waals surface area contributed by atoms with Gasteiger partial charge in [-0.2, -0.15) is 5.26 Å². The van der Waals surface area contributed by atoms with Crippen molar-refractivity contribution in [3.8, 4) is 11.8 Å². The zero-order chi connectivity index (χ0) is 15.3. The van der Waals surface area contributed by atoms with Gasteiger partial charge >= 0.3 is 0 Å². The number of aromatic nitrogens is 1. The van der Waals surface area contributed by atoms with E-state index in [2.05, 4.69) is 16.4 Å². The molecule has 1 unspecified atom stereocenters. The van der Waals surface area contributed by atoms with E-state index in [1.54, 1.807) is 62.7 Å². The highest BCUT2D eigenvalue weighted by Crippen LogP contribution is 2.19. The third-order valence-electron chi connectivity index (χ3n) is 3.12. The minimum atomic E-state index is -1.18. The highest BCUT2D eigenvalue weighted by molar-refractivity contribution is 5.95. The first kappa shape index (κ1) is 14.5. The van der Waals surface area contributed by atoms with E-state index in [9.17, 15) is 10.1 Å². The molecule has 2 rings (SSSR count). The van der Waals surface area contributed by atoms with Gasteiger partial charge in [0.15, 0.2) is 5.54 Å². The van der Waals surface area contributed by atoms with Crippen LogP contribution in [0.1, 0.15) is 23.0 Å². The molecule has 0 fully saturated rings. The Bertz CT molecular complexity index is 662. The maximum absolute atomic E-state index is 12.3. The third-order valence-corrected chi connectivity index (χ3v) is 3.12. The number of ether oxygens (including phenoxy) is 1. The second-order valence-electron chi connectivity index (χ2n) is 4.63. The monoisotopic (exact) mass is 281 g/mol. The van der Waals surface area contributed by atoms with E-state index < -0.39 is 5.54 Å². The molecule has 0 aliphatic carbocycles. The summed E-state index contributed by atoms with van der Waals surface area (Å²) >= 11 is 0. The lowest BCUT2D eigenvalue weighted by Gasteiger charge is -2.22. The molecular formula is C16H15N3O2. The fraction of sp³-hybridized carbons (Fsp3) is 0.188. The summed E-state index contributed by atoms with van der Waals surface area (Å²) in [6.45, 7) is 1.62. The van der Waals surface area contributed by atoms with Crippen molar-refractivity contribution < 1.29 is 9.53 Å². The standard InChI is InChI=1S/C16H15N3O2/c1-16(11-17,14-5-3-4-10-18-14)19-15(20)12-6-8-13(21-2)9-7-12/h3-10H,1-2H3,(H,19,20). The first-order chi connectivity index (χ1) is 10.1. The van der Waals surface area contributed by atoms with Crippen molar-refractivity contribution in [3.05, 3.63) is 59.9 Å². The van der Waals surface area contributed by atoms with Gasteiger partial charge in [-0.3, -0.25) is 9.78 Å². The lowest BCUT2D eigenvalue weighted by atomic mass is 9.98. The first-order valence-electron chi connectivity index (χ1n) is 6.38. The summed E-state index contributed by atoms with van der Waals surface area (Å²) in [4.78, 5) is 16.4. The number of carbonyl (C=O) groups is 1. The fourth-order valence-corrected chi connectivity index (χ4v) is 1.85. The van der Waals surface area contributed by atoms with Crippen molar-refractivity contribution in [2.75, 3.05) is 7.11 Å². The number of nitriles is 1. The van der Waals surface area contributed by atoms with Crippen molar-refractivity contribution in [2.45, 2.75) is 12.5 Å². The number of benzene rings is 1. The zero-order valence-electron chi connectivity index (χ0n) is 11.8. The topological polar surface area (TPSA) is 75.0 Å². The zero-order valence-corrected chi connectivity index (χ0v) is 11.8. The van der Waals surface area contributed by atoms with Crippen LogP contribution >= 0.6 is 0 Å². The summed E-state index contributed by atoms with van der Waals surface area (Å²) in [6.07, 6.45) is 1.59. The van der Waals surface area contributed by atoms with Crippen LogP contribution in [0.4, 0.5) is 0 Å². The molecule has 5 nitrogen and oxygen atoms in total. The predicted molar refractivity (Wildman–Crippen MR) is 77.7 cm³/mol. The van der Waals surface area contributed by atoms with Gasteiger partial charge < -0.3 is 10.1 Å². The minimum absolute atomic E-state index is 0.340. The van der Waals surface area contributed by atoms with Crippen LogP contribution in [0.15, 0.2) is 48.7 Å². The third kappa shape index (κ3) is 3.18. The van der Waals surface area contributed by atoms with E-state index in [0.29, 0.717) is 17.0 Å². The lowest BCUT2D eigenvalue weighted by molar-refractivity contribution is 0.0922. The molecule has 0 spiro atoms. The number of amides is 1. The lowest BCUT2D eigenvalue weighted by Crippen LogP contribution is -2.43. The first-order valence-corrected chi connectivity index (χ1v) is 6.38. The van der Waals surface area contributed by atoms with Crippen molar-refractivity contribution in [1.82, 2.24) is 10.3 Å². The molecule has 1 N–H and O–H groups in total. The number of rotatable bonds is 4. The Kier molecular flexibility index (Phi) is 4.19. The van der Waals surface area contributed by atoms with Crippen LogP contribution in [-0.4, -0.2) is 18.0 Å². The van der Waals surface area contributed by atoms with Crippen molar-refractivity contribution >= 4 is 5.91 Å². The van der Waals surface area contributed by atoms with Crippen molar-refractivity contribution in [3.63, 3.8) is 0 Å². The predicted octanol–water partition coefficient (Wildman–Crippen LogP) is 2.26. The Balaban J connectivity index is 2.22. The molecule has 0 saturated carbocycles. The van der Waals surface area contributed by atoms with E-state index in [1.165, 1.54) is 0 Å². The molecule has 0 aliphatic heterocycles. The van der Waals surface area contributed by atoms with E-state index in [4.69, 9.17) is 4.74 Å². The van der Waals surface area contributed by atoms with Crippen LogP contribution in [0.2, 0.25) is 0 Å². The van der Waals surface area contributed by atoms with Gasteiger partial charge in [0.05, 0.1) is 18.9 Å². The molecule has 106 valence electrons. The number of hydrogen-bond acceptors (Lipinski definition) is 4. The van der Waals surface area contributed by atoms with Crippen molar-refractivity contribution in [1.29, 1.82) is 5.26 Å². The Morgan fingerprint density at radius 3 is 2.52 bits per heavy atom. The van der Waals surface area contributed by atoms with Crippen LogP contribution in [0.3, 0.4) is 0 Å². The molecule has 1 aromatic heterocycles. The van der Waals surface area contributed by atoms with E-state index in [-0.39, 0.29) is 5.91 Å². The van der Waals surface area contributed by atoms with Gasteiger partial charge in [0, 0.05) is 11.8 Å². The number of methoxy groups -OCH3 is 1. The molecule has 1 atom stereocenters. The molecule has 1 amide bonds. The van der Waals surface area contributed by atoms with Crippen molar-refractivity contribution in [2.24, 2.45) is 0 Å². The fourth-order valence-electron chi connectivity index (χ4n) is 1.85. The highest BCUT2D eigenvalue weighted by Gasteiger charge is 2.30.